The average Bonchev–Trinajstić information content (AvgIpc) is 3.52. The molecular formula is C31H37N9O2. The Bertz CT molecular complexity index is 1730. The summed E-state index contributed by atoms with van der Waals surface area (Å²) in [5.41, 5.74) is 11.2. The molecule has 2 aromatic carbocycles. The lowest BCUT2D eigenvalue weighted by molar-refractivity contribution is -0.115. The lowest BCUT2D eigenvalue weighted by Gasteiger charge is -2.32. The van der Waals surface area contributed by atoms with Gasteiger partial charge in [0.25, 0.3) is 0 Å². The number of amides is 1. The molecule has 1 aliphatic heterocycles. The van der Waals surface area contributed by atoms with E-state index >= 15 is 0 Å². The highest BCUT2D eigenvalue weighted by Crippen LogP contribution is 2.35. The molecule has 1 aliphatic rings. The number of carbonyl (C=O) groups excluding carboxylic acids is 1. The smallest absolute Gasteiger partial charge is 0.230 e. The van der Waals surface area contributed by atoms with E-state index in [0.29, 0.717) is 34.0 Å². The van der Waals surface area contributed by atoms with Crippen molar-refractivity contribution in [2.75, 3.05) is 57.9 Å². The topological polar surface area (TPSA) is 119 Å². The van der Waals surface area contributed by atoms with E-state index in [4.69, 9.17) is 15.6 Å². The number of nitrogens with two attached hydrogens (primary N) is 1. The summed E-state index contributed by atoms with van der Waals surface area (Å²) in [6.45, 7) is 6.09. The Hall–Kier alpha value is -4.48. The lowest BCUT2D eigenvalue weighted by atomic mass is 10.1. The van der Waals surface area contributed by atoms with Gasteiger partial charge in [-0.05, 0) is 43.1 Å². The first-order valence-corrected chi connectivity index (χ1v) is 14.3. The molecule has 0 aliphatic carbocycles. The number of aryl methyl sites for hydroxylation is 2. The second-order valence-electron chi connectivity index (χ2n) is 10.9. The van der Waals surface area contributed by atoms with Gasteiger partial charge in [0.1, 0.15) is 23.6 Å². The minimum Gasteiger partial charge on any atom is -0.495 e. The van der Waals surface area contributed by atoms with Crippen LogP contribution in [0.1, 0.15) is 12.1 Å². The van der Waals surface area contributed by atoms with E-state index in [-0.39, 0.29) is 12.3 Å². The molecule has 11 heteroatoms. The number of aromatic nitrogens is 5. The zero-order valence-corrected chi connectivity index (χ0v) is 24.4. The fourth-order valence-electron chi connectivity index (χ4n) is 5.72. The molecule has 11 nitrogen and oxygen atoms in total. The third-order valence-corrected chi connectivity index (χ3v) is 8.14. The number of benzene rings is 2. The van der Waals surface area contributed by atoms with Gasteiger partial charge in [0, 0.05) is 63.1 Å². The number of hydrogen-bond donors (Lipinski definition) is 2. The van der Waals surface area contributed by atoms with E-state index in [1.807, 2.05) is 52.7 Å². The maximum atomic E-state index is 13.1. The molecule has 6 rings (SSSR count). The number of piperazine rings is 1. The molecule has 0 spiro atoms. The first-order valence-electron chi connectivity index (χ1n) is 14.3. The van der Waals surface area contributed by atoms with Gasteiger partial charge >= 0.3 is 0 Å². The quantitative estimate of drug-likeness (QED) is 0.278. The van der Waals surface area contributed by atoms with Gasteiger partial charge in [-0.2, -0.15) is 5.10 Å². The number of anilines is 2. The van der Waals surface area contributed by atoms with Crippen molar-refractivity contribution in [1.82, 2.24) is 34.1 Å². The second kappa shape index (κ2) is 11.8. The number of ether oxygens (including phenoxy) is 1. The molecule has 0 saturated carbocycles. The summed E-state index contributed by atoms with van der Waals surface area (Å²) >= 11 is 0. The number of nitrogens with zero attached hydrogens (tertiary/aromatic N) is 7. The summed E-state index contributed by atoms with van der Waals surface area (Å²) < 4.78 is 9.66. The van der Waals surface area contributed by atoms with Gasteiger partial charge in [0.15, 0.2) is 5.65 Å². The van der Waals surface area contributed by atoms with Gasteiger partial charge in [0.05, 0.1) is 24.6 Å². The molecule has 42 heavy (non-hydrogen) atoms. The molecule has 1 amide bonds. The van der Waals surface area contributed by atoms with Crippen LogP contribution >= 0.6 is 0 Å². The average molecular weight is 568 g/mol. The van der Waals surface area contributed by atoms with Crippen molar-refractivity contribution in [2.45, 2.75) is 19.4 Å². The van der Waals surface area contributed by atoms with E-state index in [9.17, 15) is 4.79 Å². The van der Waals surface area contributed by atoms with Gasteiger partial charge in [-0.1, -0.05) is 24.3 Å². The Labute approximate surface area is 244 Å². The van der Waals surface area contributed by atoms with Crippen LogP contribution in [0, 0.1) is 0 Å². The fraction of sp³-hybridized carbons (Fsp3) is 0.355. The molecule has 0 bridgehead atoms. The van der Waals surface area contributed by atoms with Crippen LogP contribution in [0.15, 0.2) is 54.9 Å². The van der Waals surface area contributed by atoms with Crippen molar-refractivity contribution in [1.29, 1.82) is 0 Å². The first-order chi connectivity index (χ1) is 20.4. The molecule has 1 saturated heterocycles. The molecular weight excluding hydrogens is 530 g/mol. The van der Waals surface area contributed by atoms with Gasteiger partial charge in [0.2, 0.25) is 5.91 Å². The highest BCUT2D eigenvalue weighted by atomic mass is 16.5. The standard InChI is InChI=1S/C31H37N9O2/c1-37-13-15-39(16-14-37)11-6-12-40-31-28(30(32)33-20-34-31)29(36-40)22-9-10-24(26(18-22)42-3)35-27(41)19-23-17-21-7-4-5-8-25(21)38(23)2/h4-5,7-10,17-18,20H,6,11-16,19H2,1-3H3,(H,35,41)(H2,32,33,34). The van der Waals surface area contributed by atoms with E-state index in [1.165, 1.54) is 6.33 Å². The highest BCUT2D eigenvalue weighted by molar-refractivity contribution is 5.99. The predicted octanol–water partition coefficient (Wildman–Crippen LogP) is 3.39. The van der Waals surface area contributed by atoms with Crippen molar-refractivity contribution in [2.24, 2.45) is 7.05 Å². The number of nitrogens with one attached hydrogen (secondary N) is 1. The van der Waals surface area contributed by atoms with Crippen molar-refractivity contribution in [3.05, 3.63) is 60.6 Å². The van der Waals surface area contributed by atoms with Gasteiger partial charge in [-0.15, -0.1) is 0 Å². The van der Waals surface area contributed by atoms with E-state index in [0.717, 1.165) is 67.8 Å². The van der Waals surface area contributed by atoms with Crippen LogP contribution in [-0.4, -0.2) is 86.9 Å². The highest BCUT2D eigenvalue weighted by Gasteiger charge is 2.20. The van der Waals surface area contributed by atoms with Crippen LogP contribution in [0.2, 0.25) is 0 Å². The van der Waals surface area contributed by atoms with Crippen LogP contribution in [0.4, 0.5) is 11.5 Å². The van der Waals surface area contributed by atoms with Crippen molar-refractivity contribution >= 4 is 39.3 Å². The zero-order valence-electron chi connectivity index (χ0n) is 24.4. The Balaban J connectivity index is 1.21. The molecule has 0 radical (unpaired) electrons. The van der Waals surface area contributed by atoms with Crippen LogP contribution in [0.25, 0.3) is 33.2 Å². The molecule has 3 N–H and O–H groups in total. The monoisotopic (exact) mass is 567 g/mol. The van der Waals surface area contributed by atoms with E-state index in [2.05, 4.69) is 44.3 Å². The van der Waals surface area contributed by atoms with Crippen molar-refractivity contribution in [3.8, 4) is 17.0 Å². The Kier molecular flexibility index (Phi) is 7.77. The molecule has 5 aromatic rings. The number of hydrogen-bond acceptors (Lipinski definition) is 8. The zero-order chi connectivity index (χ0) is 29.2. The summed E-state index contributed by atoms with van der Waals surface area (Å²) in [5, 5.41) is 9.77. The predicted molar refractivity (Wildman–Crippen MR) is 166 cm³/mol. The molecule has 0 atom stereocenters. The number of carbonyl (C=O) groups is 1. The SMILES string of the molecule is COc1cc(-c2nn(CCCN3CCN(C)CC3)c3ncnc(N)c23)ccc1NC(=O)Cc1cc2ccccc2n1C. The normalized spacial score (nSPS) is 14.5. The molecule has 0 unspecified atom stereocenters. The van der Waals surface area contributed by atoms with Crippen molar-refractivity contribution in [3.63, 3.8) is 0 Å². The largest absolute Gasteiger partial charge is 0.495 e. The molecule has 3 aromatic heterocycles. The number of para-hydroxylation sites is 1. The van der Waals surface area contributed by atoms with Gasteiger partial charge in [-0.25, -0.2) is 14.6 Å². The summed E-state index contributed by atoms with van der Waals surface area (Å²) in [5.74, 6) is 0.789. The van der Waals surface area contributed by atoms with Crippen molar-refractivity contribution < 1.29 is 9.53 Å². The van der Waals surface area contributed by atoms with Gasteiger partial charge < -0.3 is 30.2 Å². The molecule has 218 valence electrons. The Morgan fingerprint density at radius 1 is 1.02 bits per heavy atom. The minimum atomic E-state index is -0.125. The third-order valence-electron chi connectivity index (χ3n) is 8.14. The fourth-order valence-corrected chi connectivity index (χ4v) is 5.72. The number of rotatable bonds is 9. The van der Waals surface area contributed by atoms with E-state index in [1.54, 1.807) is 7.11 Å². The summed E-state index contributed by atoms with van der Waals surface area (Å²) in [4.78, 5) is 26.7. The number of likely N-dealkylation sites (N-methyl/N-ethyl adjacent to an activating group) is 1. The molecule has 1 fully saturated rings. The first kappa shape index (κ1) is 27.7. The third kappa shape index (κ3) is 5.53. The Morgan fingerprint density at radius 3 is 2.62 bits per heavy atom. The molecule has 4 heterocycles. The maximum Gasteiger partial charge on any atom is 0.230 e. The maximum absolute atomic E-state index is 13.1. The Morgan fingerprint density at radius 2 is 1.83 bits per heavy atom. The number of methoxy groups -OCH3 is 1. The lowest BCUT2D eigenvalue weighted by Crippen LogP contribution is -2.44. The number of fused-ring (bicyclic) bond motifs is 2. The summed E-state index contributed by atoms with van der Waals surface area (Å²) in [7, 11) is 5.73. The van der Waals surface area contributed by atoms with Gasteiger partial charge in [-0.3, -0.25) is 4.79 Å². The second-order valence-corrected chi connectivity index (χ2v) is 10.9. The van der Waals surface area contributed by atoms with Crippen LogP contribution in [0.3, 0.4) is 0 Å². The minimum absolute atomic E-state index is 0.125. The van der Waals surface area contributed by atoms with Crippen LogP contribution in [-0.2, 0) is 24.8 Å². The van der Waals surface area contributed by atoms with E-state index < -0.39 is 0 Å². The summed E-state index contributed by atoms with van der Waals surface area (Å²) in [6, 6.07) is 15.8. The number of nitrogen functional groups attached to an aromatic ring is 1. The summed E-state index contributed by atoms with van der Waals surface area (Å²) in [6.07, 6.45) is 2.68. The van der Waals surface area contributed by atoms with Crippen LogP contribution in [0.5, 0.6) is 5.75 Å². The van der Waals surface area contributed by atoms with Crippen LogP contribution < -0.4 is 15.8 Å².